The molecule has 0 aliphatic rings. The molecule has 2 aromatic carbocycles. The Labute approximate surface area is 171 Å². The average Bonchev–Trinajstić information content (AvgIpc) is 3.05. The molecular weight excluding hydrogens is 400 g/mol. The van der Waals surface area contributed by atoms with Crippen LogP contribution in [0.2, 0.25) is 5.02 Å². The van der Waals surface area contributed by atoms with E-state index in [0.29, 0.717) is 34.6 Å². The van der Waals surface area contributed by atoms with Crippen molar-refractivity contribution in [2.75, 3.05) is 18.2 Å². The largest absolute Gasteiger partial charge is 0.495 e. The number of carbonyl (C=O) groups is 1. The van der Waals surface area contributed by atoms with Gasteiger partial charge in [0.15, 0.2) is 5.16 Å². The second-order valence-corrected chi connectivity index (χ2v) is 7.23. The minimum Gasteiger partial charge on any atom is -0.495 e. The van der Waals surface area contributed by atoms with Gasteiger partial charge in [-0.15, -0.1) is 5.10 Å². The Bertz CT molecular complexity index is 1000. The molecule has 7 nitrogen and oxygen atoms in total. The van der Waals surface area contributed by atoms with Gasteiger partial charge in [0.25, 0.3) is 0 Å². The lowest BCUT2D eigenvalue weighted by Crippen LogP contribution is -2.20. The van der Waals surface area contributed by atoms with Crippen LogP contribution >= 0.6 is 23.4 Å². The van der Waals surface area contributed by atoms with E-state index >= 15 is 0 Å². The Balaban J connectivity index is 1.58. The Hall–Kier alpha value is -2.71. The first kappa shape index (κ1) is 20.0. The van der Waals surface area contributed by atoms with Crippen LogP contribution in [0.25, 0.3) is 0 Å². The number of benzene rings is 2. The molecule has 146 valence electrons. The number of methoxy groups -OCH3 is 1. The number of ether oxygens (including phenoxy) is 1. The maximum absolute atomic E-state index is 12.2. The highest BCUT2D eigenvalue weighted by molar-refractivity contribution is 7.99. The first-order valence-corrected chi connectivity index (χ1v) is 9.88. The lowest BCUT2D eigenvalue weighted by Gasteiger charge is -2.08. The molecule has 0 aliphatic carbocycles. The van der Waals surface area contributed by atoms with Crippen LogP contribution in [0.3, 0.4) is 0 Å². The summed E-state index contributed by atoms with van der Waals surface area (Å²) in [5.74, 6) is 0.420. The molecule has 1 aromatic heterocycles. The fourth-order valence-electron chi connectivity index (χ4n) is 2.57. The highest BCUT2D eigenvalue weighted by atomic mass is 35.5. The van der Waals surface area contributed by atoms with Gasteiger partial charge in [-0.05, 0) is 30.2 Å². The number of hydrogen-bond donors (Lipinski definition) is 2. The van der Waals surface area contributed by atoms with Gasteiger partial charge in [0.1, 0.15) is 5.75 Å². The summed E-state index contributed by atoms with van der Waals surface area (Å²) in [5.41, 5.74) is 1.40. The van der Waals surface area contributed by atoms with Crippen LogP contribution in [-0.2, 0) is 17.8 Å². The van der Waals surface area contributed by atoms with Crippen molar-refractivity contribution in [3.8, 4) is 5.75 Å². The number of carbonyl (C=O) groups excluding carboxylic acids is 1. The van der Waals surface area contributed by atoms with Gasteiger partial charge in [-0.1, -0.05) is 53.7 Å². The molecule has 0 bridgehead atoms. The van der Waals surface area contributed by atoms with Crippen LogP contribution in [0.1, 0.15) is 5.56 Å². The van der Waals surface area contributed by atoms with Crippen molar-refractivity contribution in [3.05, 3.63) is 69.6 Å². The molecule has 0 fully saturated rings. The van der Waals surface area contributed by atoms with Gasteiger partial charge < -0.3 is 10.1 Å². The minimum absolute atomic E-state index is 0.110. The minimum atomic E-state index is -0.291. The lowest BCUT2D eigenvalue weighted by atomic mass is 10.1. The van der Waals surface area contributed by atoms with Crippen molar-refractivity contribution in [2.24, 2.45) is 0 Å². The number of halogens is 1. The predicted octanol–water partition coefficient (Wildman–Crippen LogP) is 3.21. The molecule has 0 aliphatic heterocycles. The second kappa shape index (κ2) is 9.48. The third-order valence-electron chi connectivity index (χ3n) is 3.96. The summed E-state index contributed by atoms with van der Waals surface area (Å²) in [7, 11) is 1.53. The fourth-order valence-corrected chi connectivity index (χ4v) is 3.60. The van der Waals surface area contributed by atoms with Crippen molar-refractivity contribution in [2.45, 2.75) is 18.1 Å². The fraction of sp³-hybridized carbons (Fsp3) is 0.211. The monoisotopic (exact) mass is 418 g/mol. The number of nitrogens with one attached hydrogen (secondary N) is 2. The van der Waals surface area contributed by atoms with Crippen LogP contribution in [0.15, 0.2) is 58.5 Å². The molecule has 0 atom stereocenters. The Kier molecular flexibility index (Phi) is 6.78. The average molecular weight is 419 g/mol. The maximum Gasteiger partial charge on any atom is 0.343 e. The van der Waals surface area contributed by atoms with E-state index in [2.05, 4.69) is 15.5 Å². The SMILES string of the molecule is COc1ccc(NC(=O)CSc2n[nH]c(=O)n2CCc2ccccc2)cc1Cl. The van der Waals surface area contributed by atoms with Crippen molar-refractivity contribution >= 4 is 35.0 Å². The Morgan fingerprint density at radius 2 is 2.07 bits per heavy atom. The lowest BCUT2D eigenvalue weighted by molar-refractivity contribution is -0.113. The van der Waals surface area contributed by atoms with Crippen LogP contribution in [0, 0.1) is 0 Å². The number of rotatable bonds is 8. The highest BCUT2D eigenvalue weighted by Crippen LogP contribution is 2.27. The van der Waals surface area contributed by atoms with E-state index in [1.165, 1.54) is 23.4 Å². The number of amides is 1. The number of aromatic nitrogens is 3. The zero-order valence-electron chi connectivity index (χ0n) is 15.1. The first-order chi connectivity index (χ1) is 13.6. The molecule has 1 amide bonds. The summed E-state index contributed by atoms with van der Waals surface area (Å²) in [4.78, 5) is 24.2. The maximum atomic E-state index is 12.2. The topological polar surface area (TPSA) is 89.0 Å². The third-order valence-corrected chi connectivity index (χ3v) is 5.23. The number of hydrogen-bond acceptors (Lipinski definition) is 5. The summed E-state index contributed by atoms with van der Waals surface area (Å²) in [6, 6.07) is 14.9. The summed E-state index contributed by atoms with van der Waals surface area (Å²) < 4.78 is 6.62. The zero-order valence-corrected chi connectivity index (χ0v) is 16.7. The summed E-state index contributed by atoms with van der Waals surface area (Å²) in [6.07, 6.45) is 0.699. The number of aryl methyl sites for hydroxylation is 1. The normalized spacial score (nSPS) is 10.6. The molecule has 0 saturated heterocycles. The smallest absolute Gasteiger partial charge is 0.343 e. The second-order valence-electron chi connectivity index (χ2n) is 5.88. The molecule has 28 heavy (non-hydrogen) atoms. The number of aromatic amines is 1. The van der Waals surface area contributed by atoms with Crippen molar-refractivity contribution < 1.29 is 9.53 Å². The van der Waals surface area contributed by atoms with Crippen LogP contribution in [0.4, 0.5) is 5.69 Å². The van der Waals surface area contributed by atoms with Gasteiger partial charge in [-0.2, -0.15) is 0 Å². The molecule has 0 spiro atoms. The number of H-pyrrole nitrogens is 1. The van der Waals surface area contributed by atoms with Gasteiger partial charge in [0.2, 0.25) is 5.91 Å². The molecule has 1 heterocycles. The molecule has 2 N–H and O–H groups in total. The van der Waals surface area contributed by atoms with Crippen LogP contribution in [-0.4, -0.2) is 33.5 Å². The van der Waals surface area contributed by atoms with E-state index < -0.39 is 0 Å². The Morgan fingerprint density at radius 3 is 2.79 bits per heavy atom. The molecule has 0 radical (unpaired) electrons. The van der Waals surface area contributed by atoms with Gasteiger partial charge in [0, 0.05) is 12.2 Å². The van der Waals surface area contributed by atoms with Gasteiger partial charge in [0.05, 0.1) is 17.9 Å². The molecule has 0 saturated carbocycles. The first-order valence-electron chi connectivity index (χ1n) is 8.52. The van der Waals surface area contributed by atoms with Crippen molar-refractivity contribution in [1.82, 2.24) is 14.8 Å². The van der Waals surface area contributed by atoms with E-state index in [0.717, 1.165) is 5.56 Å². The molecule has 0 unspecified atom stereocenters. The number of nitrogens with zero attached hydrogens (tertiary/aromatic N) is 2. The molecule has 3 rings (SSSR count). The van der Waals surface area contributed by atoms with Gasteiger partial charge in [-0.25, -0.2) is 9.89 Å². The standard InChI is InChI=1S/C19H19ClN4O3S/c1-27-16-8-7-14(11-15(16)20)21-17(25)12-28-19-23-22-18(26)24(19)10-9-13-5-3-2-4-6-13/h2-8,11H,9-10,12H2,1H3,(H,21,25)(H,22,26). The quantitative estimate of drug-likeness (QED) is 0.548. The third kappa shape index (κ3) is 5.17. The number of anilines is 1. The molecule has 9 heteroatoms. The van der Waals surface area contributed by atoms with E-state index in [4.69, 9.17) is 16.3 Å². The van der Waals surface area contributed by atoms with E-state index in [-0.39, 0.29) is 17.3 Å². The van der Waals surface area contributed by atoms with E-state index in [1.54, 1.807) is 18.2 Å². The van der Waals surface area contributed by atoms with Gasteiger partial charge >= 0.3 is 5.69 Å². The number of thioether (sulfide) groups is 1. The van der Waals surface area contributed by atoms with Crippen LogP contribution < -0.4 is 15.7 Å². The van der Waals surface area contributed by atoms with E-state index in [9.17, 15) is 9.59 Å². The van der Waals surface area contributed by atoms with Crippen LogP contribution in [0.5, 0.6) is 5.75 Å². The highest BCUT2D eigenvalue weighted by Gasteiger charge is 2.12. The summed E-state index contributed by atoms with van der Waals surface area (Å²) in [5, 5.41) is 10.1. The zero-order chi connectivity index (χ0) is 19.9. The summed E-state index contributed by atoms with van der Waals surface area (Å²) in [6.45, 7) is 0.484. The predicted molar refractivity (Wildman–Crippen MR) is 110 cm³/mol. The van der Waals surface area contributed by atoms with Crippen molar-refractivity contribution in [1.29, 1.82) is 0 Å². The molecular formula is C19H19ClN4O3S. The molecule has 3 aromatic rings. The van der Waals surface area contributed by atoms with Crippen molar-refractivity contribution in [3.63, 3.8) is 0 Å². The Morgan fingerprint density at radius 1 is 1.29 bits per heavy atom. The van der Waals surface area contributed by atoms with Gasteiger partial charge in [-0.3, -0.25) is 9.36 Å². The van der Waals surface area contributed by atoms with E-state index in [1.807, 2.05) is 30.3 Å². The summed E-state index contributed by atoms with van der Waals surface area (Å²) >= 11 is 7.25.